The molecular formula is C15H15FN2O. The van der Waals surface area contributed by atoms with Gasteiger partial charge in [-0.25, -0.2) is 9.37 Å². The second-order valence-electron chi connectivity index (χ2n) is 4.95. The molecule has 0 bridgehead atoms. The number of fused-ring (bicyclic) bond motifs is 1. The van der Waals surface area contributed by atoms with Gasteiger partial charge in [-0.1, -0.05) is 12.1 Å². The Hall–Kier alpha value is -1.97. The molecule has 1 aliphatic heterocycles. The van der Waals surface area contributed by atoms with E-state index in [1.165, 1.54) is 6.07 Å². The molecule has 4 heteroatoms. The first-order valence-electron chi connectivity index (χ1n) is 6.52. The quantitative estimate of drug-likeness (QED) is 0.788. The lowest BCUT2D eigenvalue weighted by Gasteiger charge is -2.17. The van der Waals surface area contributed by atoms with Crippen molar-refractivity contribution in [1.29, 1.82) is 0 Å². The largest absolute Gasteiger partial charge is 0.339 e. The molecule has 0 spiro atoms. The third kappa shape index (κ3) is 2.07. The van der Waals surface area contributed by atoms with E-state index in [0.29, 0.717) is 16.6 Å². The van der Waals surface area contributed by atoms with Gasteiger partial charge in [0, 0.05) is 24.2 Å². The predicted molar refractivity (Wildman–Crippen MR) is 71.6 cm³/mol. The first-order valence-corrected chi connectivity index (χ1v) is 6.52. The number of pyridine rings is 1. The minimum atomic E-state index is -0.378. The van der Waals surface area contributed by atoms with E-state index in [9.17, 15) is 9.18 Å². The molecule has 1 amide bonds. The van der Waals surface area contributed by atoms with Crippen LogP contribution in [0.2, 0.25) is 0 Å². The number of hydrogen-bond donors (Lipinski definition) is 0. The summed E-state index contributed by atoms with van der Waals surface area (Å²) in [5.41, 5.74) is 1.51. The number of hydrogen-bond acceptors (Lipinski definition) is 2. The van der Waals surface area contributed by atoms with E-state index in [0.717, 1.165) is 25.9 Å². The van der Waals surface area contributed by atoms with Gasteiger partial charge < -0.3 is 4.90 Å². The van der Waals surface area contributed by atoms with Crippen molar-refractivity contribution < 1.29 is 9.18 Å². The molecule has 19 heavy (non-hydrogen) atoms. The summed E-state index contributed by atoms with van der Waals surface area (Å²) < 4.78 is 13.8. The van der Waals surface area contributed by atoms with E-state index >= 15 is 0 Å². The Bertz CT molecular complexity index is 648. The maximum Gasteiger partial charge on any atom is 0.254 e. The number of carbonyl (C=O) groups excluding carboxylic acids is 1. The summed E-state index contributed by atoms with van der Waals surface area (Å²) in [6.45, 7) is 3.36. The van der Waals surface area contributed by atoms with Crippen molar-refractivity contribution in [2.24, 2.45) is 0 Å². The Morgan fingerprint density at radius 3 is 2.79 bits per heavy atom. The van der Waals surface area contributed by atoms with Crippen LogP contribution in [0.4, 0.5) is 4.39 Å². The number of aromatic nitrogens is 1. The highest BCUT2D eigenvalue weighted by molar-refractivity contribution is 6.06. The molecule has 0 aliphatic carbocycles. The molecular weight excluding hydrogens is 243 g/mol. The van der Waals surface area contributed by atoms with E-state index in [1.807, 2.05) is 4.90 Å². The van der Waals surface area contributed by atoms with Crippen LogP contribution in [-0.4, -0.2) is 28.9 Å². The second kappa shape index (κ2) is 4.61. The molecule has 2 aromatic rings. The van der Waals surface area contributed by atoms with Crippen LogP contribution < -0.4 is 0 Å². The lowest BCUT2D eigenvalue weighted by Crippen LogP contribution is -2.28. The van der Waals surface area contributed by atoms with Crippen molar-refractivity contribution in [2.45, 2.75) is 19.8 Å². The summed E-state index contributed by atoms with van der Waals surface area (Å²) >= 11 is 0. The molecule has 98 valence electrons. The maximum absolute atomic E-state index is 13.8. The summed E-state index contributed by atoms with van der Waals surface area (Å²) in [5, 5.41) is 0.600. The molecule has 1 fully saturated rings. The molecule has 1 aliphatic rings. The van der Waals surface area contributed by atoms with Crippen molar-refractivity contribution in [1.82, 2.24) is 9.88 Å². The first kappa shape index (κ1) is 12.1. The fourth-order valence-electron chi connectivity index (χ4n) is 2.61. The average Bonchev–Trinajstić information content (AvgIpc) is 2.92. The molecule has 3 rings (SSSR count). The minimum Gasteiger partial charge on any atom is -0.339 e. The molecule has 1 aromatic heterocycles. The summed E-state index contributed by atoms with van der Waals surface area (Å²) in [6, 6.07) is 6.50. The lowest BCUT2D eigenvalue weighted by atomic mass is 10.1. The highest BCUT2D eigenvalue weighted by atomic mass is 19.1. The van der Waals surface area contributed by atoms with Crippen LogP contribution in [0, 0.1) is 12.7 Å². The van der Waals surface area contributed by atoms with Crippen LogP contribution in [0.1, 0.15) is 28.9 Å². The van der Waals surface area contributed by atoms with E-state index in [-0.39, 0.29) is 17.2 Å². The second-order valence-corrected chi connectivity index (χ2v) is 4.95. The normalized spacial score (nSPS) is 15.2. The molecule has 3 nitrogen and oxygen atoms in total. The highest BCUT2D eigenvalue weighted by Gasteiger charge is 2.22. The molecule has 0 N–H and O–H groups in total. The van der Waals surface area contributed by atoms with Crippen molar-refractivity contribution >= 4 is 16.8 Å². The maximum atomic E-state index is 13.8. The molecule has 0 atom stereocenters. The number of amides is 1. The standard InChI is InChI=1S/C15H15FN2O/c1-10-9-12(15(19)18-7-2-3-8-18)11-5-4-6-13(16)14(11)17-10/h4-6,9H,2-3,7-8H2,1H3. The van der Waals surface area contributed by atoms with Crippen LogP contribution in [0.5, 0.6) is 0 Å². The molecule has 0 unspecified atom stereocenters. The molecule has 1 aromatic carbocycles. The van der Waals surface area contributed by atoms with Crippen LogP contribution in [-0.2, 0) is 0 Å². The molecule has 2 heterocycles. The van der Waals surface area contributed by atoms with Crippen molar-refractivity contribution in [3.63, 3.8) is 0 Å². The average molecular weight is 258 g/mol. The zero-order chi connectivity index (χ0) is 13.4. The van der Waals surface area contributed by atoms with E-state index in [2.05, 4.69) is 4.98 Å². The Morgan fingerprint density at radius 1 is 1.32 bits per heavy atom. The summed E-state index contributed by atoms with van der Waals surface area (Å²) in [4.78, 5) is 18.5. The number of aryl methyl sites for hydroxylation is 1. The fraction of sp³-hybridized carbons (Fsp3) is 0.333. The predicted octanol–water partition coefficient (Wildman–Crippen LogP) is 2.92. The minimum absolute atomic E-state index is 0.0152. The number of benzene rings is 1. The van der Waals surface area contributed by atoms with Gasteiger partial charge in [-0.05, 0) is 31.9 Å². The Balaban J connectivity index is 2.17. The third-order valence-corrected chi connectivity index (χ3v) is 3.54. The Morgan fingerprint density at radius 2 is 2.05 bits per heavy atom. The number of carbonyl (C=O) groups is 1. The number of para-hydroxylation sites is 1. The summed E-state index contributed by atoms with van der Waals surface area (Å²) in [5.74, 6) is -0.393. The zero-order valence-electron chi connectivity index (χ0n) is 10.8. The zero-order valence-corrected chi connectivity index (χ0v) is 10.8. The van der Waals surface area contributed by atoms with Gasteiger partial charge in [0.1, 0.15) is 11.3 Å². The Labute approximate surface area is 111 Å². The van der Waals surface area contributed by atoms with Gasteiger partial charge in [0.05, 0.1) is 5.56 Å². The van der Waals surface area contributed by atoms with Gasteiger partial charge in [0.2, 0.25) is 0 Å². The first-order chi connectivity index (χ1) is 9.16. The fourth-order valence-corrected chi connectivity index (χ4v) is 2.61. The smallest absolute Gasteiger partial charge is 0.254 e. The number of likely N-dealkylation sites (tertiary alicyclic amines) is 1. The van der Waals surface area contributed by atoms with Gasteiger partial charge in [0.15, 0.2) is 0 Å². The lowest BCUT2D eigenvalue weighted by molar-refractivity contribution is 0.0794. The molecule has 0 radical (unpaired) electrons. The van der Waals surface area contributed by atoms with E-state index < -0.39 is 0 Å². The van der Waals surface area contributed by atoms with Gasteiger partial charge in [-0.15, -0.1) is 0 Å². The van der Waals surface area contributed by atoms with Crippen molar-refractivity contribution in [3.05, 3.63) is 41.3 Å². The number of rotatable bonds is 1. The van der Waals surface area contributed by atoms with Crippen LogP contribution in [0.15, 0.2) is 24.3 Å². The van der Waals surface area contributed by atoms with E-state index in [1.54, 1.807) is 25.1 Å². The van der Waals surface area contributed by atoms with Crippen molar-refractivity contribution in [3.8, 4) is 0 Å². The monoisotopic (exact) mass is 258 g/mol. The number of nitrogens with zero attached hydrogens (tertiary/aromatic N) is 2. The van der Waals surface area contributed by atoms with Gasteiger partial charge in [-0.3, -0.25) is 4.79 Å². The van der Waals surface area contributed by atoms with Gasteiger partial charge in [0.25, 0.3) is 5.91 Å². The SMILES string of the molecule is Cc1cc(C(=O)N2CCCC2)c2cccc(F)c2n1. The van der Waals surface area contributed by atoms with Crippen LogP contribution >= 0.6 is 0 Å². The van der Waals surface area contributed by atoms with Crippen molar-refractivity contribution in [2.75, 3.05) is 13.1 Å². The molecule has 1 saturated heterocycles. The topological polar surface area (TPSA) is 33.2 Å². The number of halogens is 1. The Kier molecular flexibility index (Phi) is 2.93. The highest BCUT2D eigenvalue weighted by Crippen LogP contribution is 2.23. The molecule has 0 saturated carbocycles. The van der Waals surface area contributed by atoms with Crippen LogP contribution in [0.25, 0.3) is 10.9 Å². The van der Waals surface area contributed by atoms with Gasteiger partial charge >= 0.3 is 0 Å². The van der Waals surface area contributed by atoms with Gasteiger partial charge in [-0.2, -0.15) is 0 Å². The summed E-state index contributed by atoms with van der Waals surface area (Å²) in [7, 11) is 0. The third-order valence-electron chi connectivity index (χ3n) is 3.54. The summed E-state index contributed by atoms with van der Waals surface area (Å²) in [6.07, 6.45) is 2.09. The van der Waals surface area contributed by atoms with E-state index in [4.69, 9.17) is 0 Å². The van der Waals surface area contributed by atoms with Crippen LogP contribution in [0.3, 0.4) is 0 Å².